The number of ether oxygens (including phenoxy) is 4. The van der Waals surface area contributed by atoms with E-state index >= 15 is 0 Å². The summed E-state index contributed by atoms with van der Waals surface area (Å²) in [6.45, 7) is 3.52. The first-order valence-corrected chi connectivity index (χ1v) is 8.12. The molecule has 0 aromatic carbocycles. The van der Waals surface area contributed by atoms with Gasteiger partial charge in [0.2, 0.25) is 0 Å². The molecule has 1 aliphatic rings. The van der Waals surface area contributed by atoms with Gasteiger partial charge < -0.3 is 18.9 Å². The third-order valence-electron chi connectivity index (χ3n) is 3.85. The third kappa shape index (κ3) is 4.03. The zero-order chi connectivity index (χ0) is 19.6. The van der Waals surface area contributed by atoms with Crippen molar-refractivity contribution in [3.8, 4) is 0 Å². The van der Waals surface area contributed by atoms with E-state index in [9.17, 15) is 14.4 Å². The molecule has 0 spiro atoms. The number of aromatic nitrogens is 4. The fourth-order valence-electron chi connectivity index (χ4n) is 2.89. The van der Waals surface area contributed by atoms with Crippen LogP contribution < -0.4 is 0 Å². The normalized spacial score (nSPS) is 24.6. The Kier molecular flexibility index (Phi) is 5.31. The van der Waals surface area contributed by atoms with E-state index in [0.717, 1.165) is 0 Å². The molecule has 0 bridgehead atoms. The monoisotopic (exact) mass is 378 g/mol. The summed E-state index contributed by atoms with van der Waals surface area (Å²) in [6, 6.07) is 0. The number of fused-ring (bicyclic) bond motifs is 1. The molecule has 0 N–H and O–H groups in total. The second-order valence-corrected chi connectivity index (χ2v) is 5.90. The van der Waals surface area contributed by atoms with Gasteiger partial charge in [-0.2, -0.15) is 0 Å². The minimum Gasteiger partial charge on any atom is -0.463 e. The number of carbonyl (C=O) groups is 3. The standard InChI is InChI=1S/C16H18N4O7/c1-8(21)24-5-12-13(25-9(2)22)14(26-10(3)23)16(27-12)20-7-19-11-4-17-6-18-15(11)20/h4,6-7,12-14,16H,5H2,1-3H3/t12-,13-,14-,16-/m0/s1. The van der Waals surface area contributed by atoms with Crippen molar-refractivity contribution in [3.05, 3.63) is 18.9 Å². The summed E-state index contributed by atoms with van der Waals surface area (Å²) >= 11 is 0. The molecule has 0 amide bonds. The van der Waals surface area contributed by atoms with E-state index < -0.39 is 42.4 Å². The molecule has 11 heteroatoms. The van der Waals surface area contributed by atoms with Gasteiger partial charge in [-0.3, -0.25) is 19.0 Å². The molecule has 3 heterocycles. The first-order valence-electron chi connectivity index (χ1n) is 8.12. The molecule has 2 aromatic heterocycles. The zero-order valence-corrected chi connectivity index (χ0v) is 14.9. The summed E-state index contributed by atoms with van der Waals surface area (Å²) in [7, 11) is 0. The summed E-state index contributed by atoms with van der Waals surface area (Å²) in [5.41, 5.74) is 0.956. The second kappa shape index (κ2) is 7.66. The predicted octanol–water partition coefficient (Wildman–Crippen LogP) is 0.150. The number of hydrogen-bond acceptors (Lipinski definition) is 10. The highest BCUT2D eigenvalue weighted by Crippen LogP contribution is 2.35. The summed E-state index contributed by atoms with van der Waals surface area (Å²) in [4.78, 5) is 46.6. The van der Waals surface area contributed by atoms with Gasteiger partial charge in [-0.1, -0.05) is 0 Å². The van der Waals surface area contributed by atoms with Gasteiger partial charge in [0.05, 0.1) is 12.5 Å². The largest absolute Gasteiger partial charge is 0.463 e. The second-order valence-electron chi connectivity index (χ2n) is 5.90. The maximum Gasteiger partial charge on any atom is 0.303 e. The Labute approximate surface area is 153 Å². The fourth-order valence-corrected chi connectivity index (χ4v) is 2.89. The van der Waals surface area contributed by atoms with Crippen LogP contribution in [0.1, 0.15) is 27.0 Å². The Morgan fingerprint density at radius 3 is 2.44 bits per heavy atom. The van der Waals surface area contributed by atoms with Gasteiger partial charge in [-0.15, -0.1) is 0 Å². The summed E-state index contributed by atoms with van der Waals surface area (Å²) in [6.07, 6.45) is 0.629. The van der Waals surface area contributed by atoms with Crippen molar-refractivity contribution in [2.45, 2.75) is 45.3 Å². The van der Waals surface area contributed by atoms with E-state index in [2.05, 4.69) is 15.0 Å². The van der Waals surface area contributed by atoms with Crippen LogP contribution in [0.25, 0.3) is 11.2 Å². The van der Waals surface area contributed by atoms with Gasteiger partial charge in [0, 0.05) is 20.8 Å². The molecule has 0 aliphatic carbocycles. The lowest BCUT2D eigenvalue weighted by molar-refractivity contribution is -0.166. The molecule has 0 saturated carbocycles. The van der Waals surface area contributed by atoms with Crippen LogP contribution in [0.2, 0.25) is 0 Å². The lowest BCUT2D eigenvalue weighted by Crippen LogP contribution is -2.40. The molecule has 2 aromatic rings. The molecular weight excluding hydrogens is 360 g/mol. The molecule has 1 fully saturated rings. The average molecular weight is 378 g/mol. The van der Waals surface area contributed by atoms with Crippen LogP contribution in [-0.4, -0.2) is 62.3 Å². The summed E-state index contributed by atoms with van der Waals surface area (Å²) in [5.74, 6) is -1.70. The number of carbonyl (C=O) groups excluding carboxylic acids is 3. The van der Waals surface area contributed by atoms with E-state index in [-0.39, 0.29) is 6.61 Å². The average Bonchev–Trinajstić information content (AvgIpc) is 3.15. The van der Waals surface area contributed by atoms with Crippen LogP contribution in [0.5, 0.6) is 0 Å². The van der Waals surface area contributed by atoms with E-state index in [1.54, 1.807) is 4.57 Å². The van der Waals surface area contributed by atoms with Crippen LogP contribution in [0.15, 0.2) is 18.9 Å². The van der Waals surface area contributed by atoms with Crippen molar-refractivity contribution in [2.75, 3.05) is 6.61 Å². The van der Waals surface area contributed by atoms with Gasteiger partial charge >= 0.3 is 17.9 Å². The van der Waals surface area contributed by atoms with E-state index in [4.69, 9.17) is 18.9 Å². The predicted molar refractivity (Wildman–Crippen MR) is 87.0 cm³/mol. The molecule has 3 rings (SSSR count). The Hall–Kier alpha value is -3.08. The van der Waals surface area contributed by atoms with Crippen molar-refractivity contribution < 1.29 is 33.3 Å². The van der Waals surface area contributed by atoms with Crippen LogP contribution >= 0.6 is 0 Å². The van der Waals surface area contributed by atoms with E-state index in [0.29, 0.717) is 11.2 Å². The highest BCUT2D eigenvalue weighted by Gasteiger charge is 2.51. The summed E-state index contributed by atoms with van der Waals surface area (Å²) < 4.78 is 23.2. The van der Waals surface area contributed by atoms with Crippen molar-refractivity contribution in [3.63, 3.8) is 0 Å². The first-order chi connectivity index (χ1) is 12.9. The Morgan fingerprint density at radius 1 is 1.07 bits per heavy atom. The molecule has 1 saturated heterocycles. The number of nitrogens with zero attached hydrogens (tertiary/aromatic N) is 4. The van der Waals surface area contributed by atoms with Gasteiger partial charge in [0.25, 0.3) is 0 Å². The molecule has 4 atom stereocenters. The Morgan fingerprint density at radius 2 is 1.78 bits per heavy atom. The van der Waals surface area contributed by atoms with Gasteiger partial charge in [0.15, 0.2) is 24.1 Å². The molecule has 0 radical (unpaired) electrons. The number of hydrogen-bond donors (Lipinski definition) is 0. The lowest BCUT2D eigenvalue weighted by Gasteiger charge is -2.23. The topological polar surface area (TPSA) is 132 Å². The SMILES string of the molecule is CC(=O)OC[C@@H]1O[C@H](n2cnc3cncnc32)[C@@H](OC(C)=O)[C@H]1OC(C)=O. The van der Waals surface area contributed by atoms with Crippen LogP contribution in [0.3, 0.4) is 0 Å². The molecule has 11 nitrogen and oxygen atoms in total. The molecular formula is C16H18N4O7. The minimum absolute atomic E-state index is 0.177. The first kappa shape index (κ1) is 18.7. The smallest absolute Gasteiger partial charge is 0.303 e. The maximum atomic E-state index is 11.6. The molecule has 0 unspecified atom stereocenters. The van der Waals surface area contributed by atoms with Gasteiger partial charge in [0.1, 0.15) is 24.6 Å². The van der Waals surface area contributed by atoms with Gasteiger partial charge in [-0.05, 0) is 0 Å². The van der Waals surface area contributed by atoms with E-state index in [1.165, 1.54) is 39.6 Å². The number of rotatable bonds is 5. The highest BCUT2D eigenvalue weighted by molar-refractivity contribution is 5.70. The van der Waals surface area contributed by atoms with Crippen molar-refractivity contribution in [1.82, 2.24) is 19.5 Å². The maximum absolute atomic E-state index is 11.6. The highest BCUT2D eigenvalue weighted by atomic mass is 16.7. The van der Waals surface area contributed by atoms with Crippen LogP contribution in [-0.2, 0) is 33.3 Å². The van der Waals surface area contributed by atoms with Crippen LogP contribution in [0.4, 0.5) is 0 Å². The number of imidazole rings is 1. The Balaban J connectivity index is 1.98. The van der Waals surface area contributed by atoms with E-state index in [1.807, 2.05) is 0 Å². The van der Waals surface area contributed by atoms with Crippen molar-refractivity contribution >= 4 is 29.1 Å². The van der Waals surface area contributed by atoms with Crippen molar-refractivity contribution in [2.24, 2.45) is 0 Å². The lowest BCUT2D eigenvalue weighted by atomic mass is 10.1. The quantitative estimate of drug-likeness (QED) is 0.523. The summed E-state index contributed by atoms with van der Waals surface area (Å²) in [5, 5.41) is 0. The van der Waals surface area contributed by atoms with Crippen molar-refractivity contribution in [1.29, 1.82) is 0 Å². The zero-order valence-electron chi connectivity index (χ0n) is 14.9. The number of esters is 3. The third-order valence-corrected chi connectivity index (χ3v) is 3.85. The fraction of sp³-hybridized carbons (Fsp3) is 0.500. The molecule has 1 aliphatic heterocycles. The molecule has 27 heavy (non-hydrogen) atoms. The minimum atomic E-state index is -0.987. The van der Waals surface area contributed by atoms with Crippen LogP contribution in [0, 0.1) is 0 Å². The molecule has 144 valence electrons. The Bertz CT molecular complexity index is 867. The van der Waals surface area contributed by atoms with Gasteiger partial charge in [-0.25, -0.2) is 15.0 Å².